The summed E-state index contributed by atoms with van der Waals surface area (Å²) in [5, 5.41) is 14.0. The number of sulfonamides is 1. The summed E-state index contributed by atoms with van der Waals surface area (Å²) in [7, 11) is -2.57. The lowest BCUT2D eigenvalue weighted by Gasteiger charge is -2.41. The molecule has 4 amide bonds. The second-order valence-electron chi connectivity index (χ2n) is 17.5. The SMILES string of the molecule is COc1ccc2nc(C)c3c(c2c1)CC[C@]1(C[C@H]2C(=O)N[C@]4(C(=O)NS(=O)(=O)C5(C)CC5)C[C@H]4/C=C\CCCCC[C@H](N(C(=O)O)C(C(C)C)C(F)(F)F)C(=O)N2C1)O3. The van der Waals surface area contributed by atoms with Gasteiger partial charge in [-0.25, -0.2) is 18.2 Å². The number of aromatic nitrogens is 1. The molecule has 0 radical (unpaired) electrons. The summed E-state index contributed by atoms with van der Waals surface area (Å²) < 4.78 is 84.0. The summed E-state index contributed by atoms with van der Waals surface area (Å²) >= 11 is 0. The summed E-state index contributed by atoms with van der Waals surface area (Å²) in [5.74, 6) is -3.57. The maximum absolute atomic E-state index is 15.0. The molecule has 18 heteroatoms. The highest BCUT2D eigenvalue weighted by atomic mass is 32.2. The minimum absolute atomic E-state index is 0.0709. The molecule has 4 heterocycles. The molecule has 3 aliphatic heterocycles. The van der Waals surface area contributed by atoms with Crippen LogP contribution >= 0.6 is 0 Å². The largest absolute Gasteiger partial charge is 0.497 e. The van der Waals surface area contributed by atoms with Gasteiger partial charge < -0.3 is 24.8 Å². The fourth-order valence-electron chi connectivity index (χ4n) is 9.21. The molecule has 6 atom stereocenters. The molecule has 1 aromatic carbocycles. The monoisotopic (exact) mass is 847 g/mol. The zero-order valence-electron chi connectivity index (χ0n) is 33.9. The summed E-state index contributed by atoms with van der Waals surface area (Å²) in [4.78, 5) is 62.7. The number of aryl methyl sites for hydroxylation is 2. The Balaban J connectivity index is 1.30. The maximum Gasteiger partial charge on any atom is 0.409 e. The molecule has 1 spiro atoms. The number of halogens is 3. The van der Waals surface area contributed by atoms with Gasteiger partial charge in [-0.15, -0.1) is 0 Å². The van der Waals surface area contributed by atoms with Gasteiger partial charge in [-0.3, -0.25) is 24.0 Å². The van der Waals surface area contributed by atoms with Crippen LogP contribution in [0.3, 0.4) is 0 Å². The third kappa shape index (κ3) is 7.81. The maximum atomic E-state index is 15.0. The average molecular weight is 848 g/mol. The van der Waals surface area contributed by atoms with Gasteiger partial charge in [0.1, 0.15) is 40.8 Å². The van der Waals surface area contributed by atoms with Crippen molar-refractivity contribution in [3.63, 3.8) is 0 Å². The van der Waals surface area contributed by atoms with Crippen molar-refractivity contribution < 1.29 is 55.3 Å². The van der Waals surface area contributed by atoms with Gasteiger partial charge in [0.25, 0.3) is 5.91 Å². The highest BCUT2D eigenvalue weighted by molar-refractivity contribution is 7.91. The number of allylic oxidation sites excluding steroid dienone is 1. The van der Waals surface area contributed by atoms with Gasteiger partial charge in [-0.1, -0.05) is 38.8 Å². The number of carboxylic acid groups (broad SMARTS) is 1. The quantitative estimate of drug-likeness (QED) is 0.299. The number of amides is 4. The van der Waals surface area contributed by atoms with Crippen LogP contribution in [0.25, 0.3) is 10.9 Å². The summed E-state index contributed by atoms with van der Waals surface area (Å²) in [6.07, 6.45) is -0.617. The van der Waals surface area contributed by atoms with Gasteiger partial charge in [0, 0.05) is 23.3 Å². The number of hydrogen-bond acceptors (Lipinski definition) is 9. The van der Waals surface area contributed by atoms with Gasteiger partial charge in [-0.2, -0.15) is 13.2 Å². The Hall–Kier alpha value is -4.61. The van der Waals surface area contributed by atoms with Crippen LogP contribution in [0.2, 0.25) is 0 Å². The smallest absolute Gasteiger partial charge is 0.409 e. The molecule has 0 bridgehead atoms. The van der Waals surface area contributed by atoms with E-state index in [4.69, 9.17) is 14.5 Å². The number of benzene rings is 1. The van der Waals surface area contributed by atoms with Crippen molar-refractivity contribution in [2.45, 2.75) is 139 Å². The van der Waals surface area contributed by atoms with E-state index < -0.39 is 85.9 Å². The van der Waals surface area contributed by atoms with E-state index in [2.05, 4.69) is 10.0 Å². The van der Waals surface area contributed by atoms with Crippen molar-refractivity contribution in [3.05, 3.63) is 41.6 Å². The van der Waals surface area contributed by atoms with Crippen LogP contribution in [0, 0.1) is 18.8 Å². The Kier molecular flexibility index (Phi) is 10.9. The van der Waals surface area contributed by atoms with E-state index in [-0.39, 0.29) is 43.5 Å². The van der Waals surface area contributed by atoms with Crippen LogP contribution in [0.4, 0.5) is 18.0 Å². The number of pyridine rings is 1. The molecule has 2 aromatic rings. The van der Waals surface area contributed by atoms with Crippen LogP contribution in [-0.2, 0) is 30.8 Å². The summed E-state index contributed by atoms with van der Waals surface area (Å²) in [6, 6.07) is -0.343. The first-order valence-electron chi connectivity index (χ1n) is 20.3. The van der Waals surface area contributed by atoms with Crippen LogP contribution < -0.4 is 19.5 Å². The standard InChI is InChI=1S/C41H52F3N5O9S/c1-23(2)33(41(42,43)44)49(37(53)54)30-12-10-8-6-7-9-11-25-20-40(25,36(52)47-59(55,56)38(4)17-18-38)46-34(50)31-21-39(22-48(31)35(30)51)16-15-27-28-19-26(57-5)13-14-29(28)45-24(3)32(27)58-39/h9,11,13-14,19,23,25,30-31,33H,6-8,10,12,15-18,20-22H2,1-5H3,(H,46,50)(H,47,52)(H,53,54)/b11-9-/t25-,30+,31+,33?,39-,40-/m1/s1. The molecule has 3 fully saturated rings. The number of ether oxygens (including phenoxy) is 2. The minimum Gasteiger partial charge on any atom is -0.497 e. The van der Waals surface area contributed by atoms with Crippen molar-refractivity contribution >= 4 is 44.7 Å². The molecule has 2 saturated carbocycles. The molecular weight excluding hydrogens is 796 g/mol. The van der Waals surface area contributed by atoms with Gasteiger partial charge in [0.15, 0.2) is 0 Å². The number of carbonyl (C=O) groups excluding carboxylic acids is 3. The van der Waals surface area contributed by atoms with Gasteiger partial charge in [0.2, 0.25) is 21.8 Å². The number of alkyl halides is 3. The number of hydrogen-bond donors (Lipinski definition) is 3. The van der Waals surface area contributed by atoms with Gasteiger partial charge in [-0.05, 0) is 89.3 Å². The van der Waals surface area contributed by atoms with Crippen LogP contribution in [-0.4, -0.2) is 106 Å². The highest BCUT2D eigenvalue weighted by Gasteiger charge is 2.64. The molecule has 59 heavy (non-hydrogen) atoms. The number of carbonyl (C=O) groups is 4. The van der Waals surface area contributed by atoms with Crippen LogP contribution in [0.5, 0.6) is 11.5 Å². The van der Waals surface area contributed by atoms with Crippen LogP contribution in [0.15, 0.2) is 30.4 Å². The Morgan fingerprint density at radius 3 is 2.51 bits per heavy atom. The lowest BCUT2D eigenvalue weighted by molar-refractivity contribution is -0.196. The van der Waals surface area contributed by atoms with Crippen molar-refractivity contribution in [3.8, 4) is 11.5 Å². The number of fused-ring (bicyclic) bond motifs is 5. The predicted molar refractivity (Wildman–Crippen MR) is 209 cm³/mol. The molecule has 2 aliphatic carbocycles. The van der Waals surface area contributed by atoms with E-state index in [0.717, 1.165) is 15.8 Å². The van der Waals surface area contributed by atoms with E-state index in [9.17, 15) is 41.1 Å². The average Bonchev–Trinajstić information content (AvgIpc) is 4.05. The third-order valence-electron chi connectivity index (χ3n) is 13.0. The molecule has 1 unspecified atom stereocenters. The second-order valence-corrected chi connectivity index (χ2v) is 19.7. The van der Waals surface area contributed by atoms with Crippen molar-refractivity contribution in [1.82, 2.24) is 24.8 Å². The first-order valence-corrected chi connectivity index (χ1v) is 21.7. The molecule has 7 rings (SSSR count). The summed E-state index contributed by atoms with van der Waals surface area (Å²) in [5.41, 5.74) is -0.903. The fourth-order valence-corrected chi connectivity index (χ4v) is 10.5. The highest BCUT2D eigenvalue weighted by Crippen LogP contribution is 2.49. The zero-order valence-corrected chi connectivity index (χ0v) is 34.7. The molecular formula is C41H52F3N5O9S. The van der Waals surface area contributed by atoms with Gasteiger partial charge >= 0.3 is 12.3 Å². The number of nitrogens with zero attached hydrogens (tertiary/aromatic N) is 3. The molecule has 5 aliphatic rings. The lowest BCUT2D eigenvalue weighted by Crippen LogP contribution is -2.62. The fraction of sp³-hybridized carbons (Fsp3) is 0.634. The Morgan fingerprint density at radius 2 is 1.86 bits per heavy atom. The van der Waals surface area contributed by atoms with E-state index >= 15 is 4.79 Å². The molecule has 1 saturated heterocycles. The number of rotatable bonds is 7. The zero-order chi connectivity index (χ0) is 42.9. The third-order valence-corrected chi connectivity index (χ3v) is 15.1. The van der Waals surface area contributed by atoms with Crippen molar-refractivity contribution in [2.75, 3.05) is 13.7 Å². The minimum atomic E-state index is -5.03. The Labute approximate surface area is 341 Å². The Bertz CT molecular complexity index is 2200. The normalized spacial score (nSPS) is 29.2. The second kappa shape index (κ2) is 15.1. The Morgan fingerprint density at radius 1 is 1.14 bits per heavy atom. The van der Waals surface area contributed by atoms with E-state index in [1.54, 1.807) is 26.2 Å². The van der Waals surface area contributed by atoms with E-state index in [1.807, 2.05) is 18.2 Å². The topological polar surface area (TPSA) is 185 Å². The number of nitrogens with one attached hydrogen (secondary N) is 2. The molecule has 1 aromatic heterocycles. The van der Waals surface area contributed by atoms with E-state index in [0.29, 0.717) is 61.2 Å². The lowest BCUT2D eigenvalue weighted by atomic mass is 9.87. The first kappa shape index (κ1) is 42.5. The predicted octanol–water partition coefficient (Wildman–Crippen LogP) is 5.55. The van der Waals surface area contributed by atoms with E-state index in [1.165, 1.54) is 20.8 Å². The first-order chi connectivity index (χ1) is 27.7. The molecule has 322 valence electrons. The van der Waals surface area contributed by atoms with Crippen molar-refractivity contribution in [1.29, 1.82) is 0 Å². The molecule has 3 N–H and O–H groups in total. The van der Waals surface area contributed by atoms with Crippen LogP contribution in [0.1, 0.15) is 96.2 Å². The van der Waals surface area contributed by atoms with Crippen molar-refractivity contribution in [2.24, 2.45) is 11.8 Å². The number of methoxy groups -OCH3 is 1. The summed E-state index contributed by atoms with van der Waals surface area (Å²) in [6.45, 7) is 5.48. The molecule has 14 nitrogen and oxygen atoms in total. The van der Waals surface area contributed by atoms with Gasteiger partial charge in [0.05, 0.1) is 29.6 Å².